The van der Waals surface area contributed by atoms with Crippen molar-refractivity contribution < 1.29 is 18.3 Å². The fraction of sp³-hybridized carbons (Fsp3) is 0.556. The van der Waals surface area contributed by atoms with Gasteiger partial charge in [-0.3, -0.25) is 0 Å². The van der Waals surface area contributed by atoms with Gasteiger partial charge >= 0.3 is 6.18 Å². The third-order valence-electron chi connectivity index (χ3n) is 4.43. The molecule has 0 radical (unpaired) electrons. The Balaban J connectivity index is 2.01. The Morgan fingerprint density at radius 1 is 1.23 bits per heavy atom. The van der Waals surface area contributed by atoms with E-state index in [0.717, 1.165) is 37.7 Å². The largest absolute Gasteiger partial charge is 0.513 e. The molecular formula is C18H23F3O. The van der Waals surface area contributed by atoms with E-state index in [1.807, 2.05) is 13.0 Å². The van der Waals surface area contributed by atoms with Gasteiger partial charge in [0.15, 0.2) is 0 Å². The predicted molar refractivity (Wildman–Crippen MR) is 81.8 cm³/mol. The lowest BCUT2D eigenvalue weighted by Crippen LogP contribution is -2.15. The average molecular weight is 312 g/mol. The summed E-state index contributed by atoms with van der Waals surface area (Å²) in [6, 6.07) is 5.57. The van der Waals surface area contributed by atoms with Crippen LogP contribution < -0.4 is 0 Å². The fourth-order valence-corrected chi connectivity index (χ4v) is 3.34. The van der Waals surface area contributed by atoms with Gasteiger partial charge in [-0.15, -0.1) is 0 Å². The lowest BCUT2D eigenvalue weighted by atomic mass is 9.76. The second-order valence-electron chi connectivity index (χ2n) is 6.16. The van der Waals surface area contributed by atoms with Crippen molar-refractivity contribution in [3.63, 3.8) is 0 Å². The van der Waals surface area contributed by atoms with Crippen molar-refractivity contribution in [2.24, 2.45) is 5.92 Å². The molecule has 1 saturated carbocycles. The van der Waals surface area contributed by atoms with E-state index in [0.29, 0.717) is 24.0 Å². The lowest BCUT2D eigenvalue weighted by molar-refractivity contribution is -0.137. The molecule has 4 heteroatoms. The van der Waals surface area contributed by atoms with Gasteiger partial charge < -0.3 is 5.11 Å². The van der Waals surface area contributed by atoms with Crippen LogP contribution in [-0.2, 0) is 6.18 Å². The van der Waals surface area contributed by atoms with E-state index >= 15 is 0 Å². The molecule has 2 atom stereocenters. The third-order valence-corrected chi connectivity index (χ3v) is 4.43. The lowest BCUT2D eigenvalue weighted by Gasteiger charge is -2.29. The summed E-state index contributed by atoms with van der Waals surface area (Å²) >= 11 is 0. The summed E-state index contributed by atoms with van der Waals surface area (Å²) in [4.78, 5) is 0. The smallest absolute Gasteiger partial charge is 0.416 e. The number of aliphatic hydroxyl groups is 1. The maximum Gasteiger partial charge on any atom is 0.416 e. The molecule has 2 rings (SSSR count). The first kappa shape index (κ1) is 16.9. The molecule has 0 spiro atoms. The van der Waals surface area contributed by atoms with Gasteiger partial charge in [-0.05, 0) is 61.3 Å². The van der Waals surface area contributed by atoms with Gasteiger partial charge in [-0.25, -0.2) is 0 Å². The average Bonchev–Trinajstić information content (AvgIpc) is 2.47. The van der Waals surface area contributed by atoms with Crippen LogP contribution in [0.2, 0.25) is 0 Å². The first-order chi connectivity index (χ1) is 10.4. The van der Waals surface area contributed by atoms with Crippen molar-refractivity contribution in [3.8, 4) is 0 Å². The molecular weight excluding hydrogens is 289 g/mol. The quantitative estimate of drug-likeness (QED) is 0.654. The van der Waals surface area contributed by atoms with E-state index in [9.17, 15) is 18.3 Å². The number of halogens is 3. The van der Waals surface area contributed by atoms with Crippen molar-refractivity contribution in [2.45, 2.75) is 57.5 Å². The van der Waals surface area contributed by atoms with Crippen LogP contribution in [0.4, 0.5) is 13.2 Å². The van der Waals surface area contributed by atoms with Gasteiger partial charge in [0.2, 0.25) is 0 Å². The number of hydrogen-bond acceptors (Lipinski definition) is 1. The summed E-state index contributed by atoms with van der Waals surface area (Å²) in [5.41, 5.74) is 0.392. The number of benzene rings is 1. The summed E-state index contributed by atoms with van der Waals surface area (Å²) < 4.78 is 37.8. The molecule has 0 heterocycles. The molecule has 2 unspecified atom stereocenters. The normalized spacial score (nSPS) is 23.5. The second kappa shape index (κ2) is 7.21. The zero-order valence-corrected chi connectivity index (χ0v) is 12.9. The minimum absolute atomic E-state index is 0.301. The van der Waals surface area contributed by atoms with Crippen LogP contribution in [0.3, 0.4) is 0 Å². The molecule has 122 valence electrons. The molecule has 0 aromatic heterocycles. The van der Waals surface area contributed by atoms with Crippen LogP contribution in [0, 0.1) is 5.92 Å². The minimum Gasteiger partial charge on any atom is -0.513 e. The van der Waals surface area contributed by atoms with Crippen molar-refractivity contribution in [3.05, 3.63) is 47.2 Å². The first-order valence-electron chi connectivity index (χ1n) is 7.95. The van der Waals surface area contributed by atoms with E-state index < -0.39 is 11.7 Å². The van der Waals surface area contributed by atoms with E-state index in [4.69, 9.17) is 0 Å². The Labute approximate surface area is 129 Å². The molecule has 0 aliphatic heterocycles. The third kappa shape index (κ3) is 4.52. The van der Waals surface area contributed by atoms with Crippen molar-refractivity contribution in [2.75, 3.05) is 0 Å². The van der Waals surface area contributed by atoms with Crippen LogP contribution in [0.1, 0.15) is 62.5 Å². The number of allylic oxidation sites excluding steroid dienone is 2. The van der Waals surface area contributed by atoms with Crippen LogP contribution in [0.15, 0.2) is 36.1 Å². The molecule has 1 aromatic carbocycles. The minimum atomic E-state index is -4.27. The molecule has 22 heavy (non-hydrogen) atoms. The summed E-state index contributed by atoms with van der Waals surface area (Å²) in [7, 11) is 0. The van der Waals surface area contributed by atoms with Crippen LogP contribution in [0.25, 0.3) is 0 Å². The Kier molecular flexibility index (Phi) is 5.54. The monoisotopic (exact) mass is 312 g/mol. The molecule has 1 aliphatic carbocycles. The Morgan fingerprint density at radius 3 is 2.50 bits per heavy atom. The van der Waals surface area contributed by atoms with Crippen LogP contribution in [0.5, 0.6) is 0 Å². The highest BCUT2D eigenvalue weighted by molar-refractivity contribution is 5.27. The maximum atomic E-state index is 12.6. The summed E-state index contributed by atoms with van der Waals surface area (Å²) in [5.74, 6) is 1.17. The molecule has 0 saturated heterocycles. The van der Waals surface area contributed by atoms with Gasteiger partial charge in [0.25, 0.3) is 0 Å². The summed E-state index contributed by atoms with van der Waals surface area (Å²) in [5, 5.41) is 9.82. The van der Waals surface area contributed by atoms with E-state index in [1.54, 1.807) is 12.1 Å². The van der Waals surface area contributed by atoms with Gasteiger partial charge in [0.1, 0.15) is 0 Å². The molecule has 1 N–H and O–H groups in total. The number of aliphatic hydroxyl groups excluding tert-OH is 1. The summed E-state index contributed by atoms with van der Waals surface area (Å²) in [6.07, 6.45) is 3.17. The van der Waals surface area contributed by atoms with Gasteiger partial charge in [0.05, 0.1) is 11.3 Å². The number of alkyl halides is 3. The zero-order chi connectivity index (χ0) is 16.2. The SMILES string of the molecule is CC/C=C(/O)CC1CCCC(c2ccc(C(F)(F)F)cc2)C1. The van der Waals surface area contributed by atoms with Crippen LogP contribution >= 0.6 is 0 Å². The Bertz CT molecular complexity index is 502. The van der Waals surface area contributed by atoms with Gasteiger partial charge in [-0.1, -0.05) is 25.5 Å². The summed E-state index contributed by atoms with van der Waals surface area (Å²) in [6.45, 7) is 1.99. The van der Waals surface area contributed by atoms with Crippen LogP contribution in [-0.4, -0.2) is 5.11 Å². The zero-order valence-electron chi connectivity index (χ0n) is 12.9. The van der Waals surface area contributed by atoms with E-state index in [-0.39, 0.29) is 0 Å². The van der Waals surface area contributed by atoms with Crippen molar-refractivity contribution in [1.82, 2.24) is 0 Å². The van der Waals surface area contributed by atoms with E-state index in [1.165, 1.54) is 12.1 Å². The highest BCUT2D eigenvalue weighted by Crippen LogP contribution is 2.39. The predicted octanol–water partition coefficient (Wildman–Crippen LogP) is 6.22. The molecule has 1 aliphatic rings. The molecule has 0 amide bonds. The number of rotatable bonds is 4. The van der Waals surface area contributed by atoms with Crippen molar-refractivity contribution in [1.29, 1.82) is 0 Å². The second-order valence-corrected chi connectivity index (χ2v) is 6.16. The standard InChI is InChI=1S/C18H23F3O/c1-2-4-17(22)12-13-5-3-6-15(11-13)14-7-9-16(10-8-14)18(19,20)21/h4,7-10,13,15,22H,2-3,5-6,11-12H2,1H3/b17-4+. The molecule has 1 nitrogen and oxygen atoms in total. The molecule has 1 fully saturated rings. The fourth-order valence-electron chi connectivity index (χ4n) is 3.34. The Morgan fingerprint density at radius 2 is 1.91 bits per heavy atom. The Hall–Kier alpha value is -1.45. The highest BCUT2D eigenvalue weighted by atomic mass is 19.4. The maximum absolute atomic E-state index is 12.6. The van der Waals surface area contributed by atoms with Crippen molar-refractivity contribution >= 4 is 0 Å². The van der Waals surface area contributed by atoms with Gasteiger partial charge in [0, 0.05) is 6.42 Å². The molecule has 0 bridgehead atoms. The first-order valence-corrected chi connectivity index (χ1v) is 7.95. The highest BCUT2D eigenvalue weighted by Gasteiger charge is 2.30. The number of hydrogen-bond donors (Lipinski definition) is 1. The van der Waals surface area contributed by atoms with Gasteiger partial charge in [-0.2, -0.15) is 13.2 Å². The molecule has 1 aromatic rings. The van der Waals surface area contributed by atoms with E-state index in [2.05, 4.69) is 0 Å². The topological polar surface area (TPSA) is 20.2 Å².